The minimum atomic E-state index is -3.26. The molecule has 0 aliphatic carbocycles. The van der Waals surface area contributed by atoms with Crippen LogP contribution < -0.4 is 5.32 Å². The number of amidine groups is 1. The molecule has 1 amide bonds. The molecule has 0 saturated carbocycles. The maximum atomic E-state index is 15.7. The highest BCUT2D eigenvalue weighted by Crippen LogP contribution is 2.44. The number of thiazole rings is 1. The number of fused-ring (bicyclic) bond motifs is 1. The molecule has 1 aromatic carbocycles. The van der Waals surface area contributed by atoms with Gasteiger partial charge in [-0.15, -0.1) is 11.3 Å². The first-order chi connectivity index (χ1) is 20.4. The van der Waals surface area contributed by atoms with Crippen molar-refractivity contribution in [2.75, 3.05) is 46.4 Å². The van der Waals surface area contributed by atoms with Gasteiger partial charge in [0.15, 0.2) is 16.4 Å². The number of halogens is 3. The molecule has 0 spiro atoms. The lowest BCUT2D eigenvalue weighted by atomic mass is 9.92. The molecule has 3 saturated heterocycles. The number of aliphatic hydroxyl groups is 1. The first-order valence-electron chi connectivity index (χ1n) is 14.2. The Bertz CT molecular complexity index is 1490. The Labute approximate surface area is 250 Å². The smallest absolute Gasteiger partial charge is 0.338 e. The molecule has 3 atom stereocenters. The summed E-state index contributed by atoms with van der Waals surface area (Å²) in [6.07, 6.45) is 1.88. The zero-order valence-corrected chi connectivity index (χ0v) is 24.8. The molecule has 4 aliphatic rings. The highest BCUT2D eigenvalue weighted by atomic mass is 32.1. The largest absolute Gasteiger partial charge is 0.463 e. The average molecular weight is 619 g/mol. The zero-order valence-electron chi connectivity index (χ0n) is 24.0. The Hall–Kier alpha value is -3.33. The molecule has 2 aromatic rings. The molecular formula is C29H33F3N6O4S. The Morgan fingerprint density at radius 1 is 1.26 bits per heavy atom. The van der Waals surface area contributed by atoms with Crippen LogP contribution in [0.15, 0.2) is 46.0 Å². The molecule has 0 unspecified atom stereocenters. The molecule has 230 valence electrons. The highest BCUT2D eigenvalue weighted by molar-refractivity contribution is 7.11. The van der Waals surface area contributed by atoms with E-state index in [0.29, 0.717) is 27.7 Å². The number of ether oxygens (including phenoxy) is 1. The first-order valence-corrected chi connectivity index (χ1v) is 15.0. The second-order valence-corrected chi connectivity index (χ2v) is 12.5. The monoisotopic (exact) mass is 618 g/mol. The maximum absolute atomic E-state index is 15.7. The van der Waals surface area contributed by atoms with E-state index in [2.05, 4.69) is 10.3 Å². The van der Waals surface area contributed by atoms with E-state index < -0.39 is 53.9 Å². The third-order valence-corrected chi connectivity index (χ3v) is 9.41. The summed E-state index contributed by atoms with van der Waals surface area (Å²) >= 11 is 1.31. The predicted molar refractivity (Wildman–Crippen MR) is 152 cm³/mol. The van der Waals surface area contributed by atoms with Crippen molar-refractivity contribution < 1.29 is 32.6 Å². The van der Waals surface area contributed by atoms with Gasteiger partial charge in [-0.2, -0.15) is 0 Å². The standard InChI is InChI=1S/C29H33F3N6O4S/c1-4-42-26(39)21-19(34-24(25-33-9-11-43-25)35-22(21)17-6-5-7-18(30)16(17)2)12-37-15-29(31,32)23-20(37)8-10-38(23)27(40)28(41)13-36(3)14-28/h5-7,9,11,20,22-23,41H,4,8,10,12-15H2,1-3H3,(H,34,35)/t20-,22-,23+/m0/s1. The highest BCUT2D eigenvalue weighted by Gasteiger charge is 2.63. The van der Waals surface area contributed by atoms with Crippen LogP contribution in [0.1, 0.15) is 35.5 Å². The third-order valence-electron chi connectivity index (χ3n) is 8.63. The molecule has 43 heavy (non-hydrogen) atoms. The number of nitrogens with one attached hydrogen (secondary N) is 1. The van der Waals surface area contributed by atoms with Crippen molar-refractivity contribution >= 4 is 29.0 Å². The number of β-amino-alcohol motifs (C(OH)–C–C–N with tert-alkyl or cyclic N) is 1. The molecule has 5 heterocycles. The summed E-state index contributed by atoms with van der Waals surface area (Å²) in [6.45, 7) is 2.83. The number of carbonyl (C=O) groups is 2. The van der Waals surface area contributed by atoms with Gasteiger partial charge in [0.05, 0.1) is 18.7 Å². The molecule has 1 aromatic heterocycles. The molecule has 0 radical (unpaired) electrons. The quantitative estimate of drug-likeness (QED) is 0.455. The van der Waals surface area contributed by atoms with E-state index in [-0.39, 0.29) is 44.8 Å². The van der Waals surface area contributed by atoms with E-state index in [1.54, 1.807) is 48.3 Å². The first kappa shape index (κ1) is 29.7. The number of likely N-dealkylation sites (tertiary alicyclic amines) is 3. The van der Waals surface area contributed by atoms with Gasteiger partial charge in [0.1, 0.15) is 17.9 Å². The van der Waals surface area contributed by atoms with Crippen LogP contribution in [0.5, 0.6) is 0 Å². The second-order valence-electron chi connectivity index (χ2n) is 11.6. The number of esters is 1. The fourth-order valence-corrected chi connectivity index (χ4v) is 7.35. The Kier molecular flexibility index (Phi) is 7.60. The van der Waals surface area contributed by atoms with Crippen molar-refractivity contribution in [2.24, 2.45) is 4.99 Å². The van der Waals surface area contributed by atoms with Gasteiger partial charge in [0.2, 0.25) is 0 Å². The summed E-state index contributed by atoms with van der Waals surface area (Å²) in [5.41, 5.74) is -0.535. The van der Waals surface area contributed by atoms with Crippen LogP contribution in [-0.4, -0.2) is 112 Å². The van der Waals surface area contributed by atoms with Crippen molar-refractivity contribution in [3.8, 4) is 0 Å². The van der Waals surface area contributed by atoms with Gasteiger partial charge in [-0.1, -0.05) is 12.1 Å². The van der Waals surface area contributed by atoms with Gasteiger partial charge in [-0.3, -0.25) is 19.6 Å². The van der Waals surface area contributed by atoms with E-state index in [0.717, 1.165) is 4.90 Å². The summed E-state index contributed by atoms with van der Waals surface area (Å²) < 4.78 is 51.5. The summed E-state index contributed by atoms with van der Waals surface area (Å²) in [5, 5.41) is 16.2. The van der Waals surface area contributed by atoms with Crippen LogP contribution in [0.2, 0.25) is 0 Å². The molecule has 0 bridgehead atoms. The molecular weight excluding hydrogens is 585 g/mol. The lowest BCUT2D eigenvalue weighted by Gasteiger charge is -2.45. The second kappa shape index (κ2) is 11.0. The number of nitrogens with zero attached hydrogens (tertiary/aromatic N) is 5. The summed E-state index contributed by atoms with van der Waals surface area (Å²) in [6, 6.07) is 1.42. The van der Waals surface area contributed by atoms with Gasteiger partial charge < -0.3 is 20.1 Å². The number of aliphatic imine (C=N–C) groups is 1. The predicted octanol–water partition coefficient (Wildman–Crippen LogP) is 2.10. The average Bonchev–Trinajstić information content (AvgIpc) is 3.68. The van der Waals surface area contributed by atoms with Gasteiger partial charge in [-0.25, -0.2) is 22.9 Å². The fourth-order valence-electron chi connectivity index (χ4n) is 6.77. The van der Waals surface area contributed by atoms with Crippen LogP contribution in [-0.2, 0) is 14.3 Å². The number of amides is 1. The van der Waals surface area contributed by atoms with Crippen LogP contribution >= 0.6 is 11.3 Å². The topological polar surface area (TPSA) is 111 Å². The van der Waals surface area contributed by atoms with Crippen LogP contribution in [0, 0.1) is 12.7 Å². The Balaban J connectivity index is 1.38. The van der Waals surface area contributed by atoms with Crippen LogP contribution in [0.4, 0.5) is 13.2 Å². The van der Waals surface area contributed by atoms with E-state index in [1.165, 1.54) is 23.5 Å². The van der Waals surface area contributed by atoms with Gasteiger partial charge in [0.25, 0.3) is 11.8 Å². The van der Waals surface area contributed by atoms with Crippen molar-refractivity contribution in [3.05, 3.63) is 63.0 Å². The number of hydrogen-bond acceptors (Lipinski definition) is 10. The van der Waals surface area contributed by atoms with Gasteiger partial charge >= 0.3 is 5.97 Å². The number of aromatic nitrogens is 1. The number of hydrogen-bond donors (Lipinski definition) is 2. The summed E-state index contributed by atoms with van der Waals surface area (Å²) in [4.78, 5) is 40.3. The van der Waals surface area contributed by atoms with E-state index >= 15 is 8.78 Å². The number of carbonyl (C=O) groups excluding carboxylic acids is 2. The van der Waals surface area contributed by atoms with Crippen molar-refractivity contribution in [2.45, 2.75) is 49.9 Å². The van der Waals surface area contributed by atoms with Crippen molar-refractivity contribution in [3.63, 3.8) is 0 Å². The maximum Gasteiger partial charge on any atom is 0.338 e. The lowest BCUT2D eigenvalue weighted by molar-refractivity contribution is -0.174. The Morgan fingerprint density at radius 3 is 2.70 bits per heavy atom. The minimum Gasteiger partial charge on any atom is -0.463 e. The zero-order chi connectivity index (χ0) is 30.7. The lowest BCUT2D eigenvalue weighted by Crippen LogP contribution is -2.69. The SMILES string of the molecule is CCOC(=O)C1=C(CN2CC(F)(F)[C@H]3[C@@H]2CCN3C(=O)C2(O)CN(C)C2)NC(c2nccs2)=N[C@H]1c1cccc(F)c1C. The minimum absolute atomic E-state index is 0.0647. The molecule has 6 rings (SSSR count). The van der Waals surface area contributed by atoms with E-state index in [9.17, 15) is 19.1 Å². The molecule has 10 nitrogen and oxygen atoms in total. The third kappa shape index (κ3) is 5.13. The molecule has 3 fully saturated rings. The van der Waals surface area contributed by atoms with E-state index in [4.69, 9.17) is 9.73 Å². The number of likely N-dealkylation sites (N-methyl/N-ethyl adjacent to an activating group) is 1. The van der Waals surface area contributed by atoms with Gasteiger partial charge in [-0.05, 0) is 44.5 Å². The van der Waals surface area contributed by atoms with Gasteiger partial charge in [0, 0.05) is 49.5 Å². The van der Waals surface area contributed by atoms with Crippen LogP contribution in [0.25, 0.3) is 0 Å². The summed E-state index contributed by atoms with van der Waals surface area (Å²) in [5.74, 6) is -4.77. The normalized spacial score (nSPS) is 26.5. The molecule has 14 heteroatoms. The molecule has 2 N–H and O–H groups in total. The summed E-state index contributed by atoms with van der Waals surface area (Å²) in [7, 11) is 1.74. The number of alkyl halides is 2. The molecule has 4 aliphatic heterocycles. The number of rotatable bonds is 7. The van der Waals surface area contributed by atoms with E-state index in [1.807, 2.05) is 0 Å². The van der Waals surface area contributed by atoms with Crippen LogP contribution in [0.3, 0.4) is 0 Å². The van der Waals surface area contributed by atoms with Crippen molar-refractivity contribution in [1.29, 1.82) is 0 Å². The Morgan fingerprint density at radius 2 is 2.02 bits per heavy atom. The van der Waals surface area contributed by atoms with Crippen molar-refractivity contribution in [1.82, 2.24) is 25.0 Å². The number of benzene rings is 1. The fraction of sp³-hybridized carbons (Fsp3) is 0.517.